The minimum atomic E-state index is -0.0708. The van der Waals surface area contributed by atoms with Gasteiger partial charge in [-0.1, -0.05) is 0 Å². The zero-order valence-electron chi connectivity index (χ0n) is 10.8. The molecule has 0 N–H and O–H groups in total. The van der Waals surface area contributed by atoms with E-state index in [1.165, 1.54) is 4.68 Å². The Balaban J connectivity index is 1.78. The molecule has 20 heavy (non-hydrogen) atoms. The standard InChI is InChI=1S/C13H14BrN3O2S/c14-12-2-1-11(20-12)9-17-13(18)7-10(8-15-17)16-3-5-19-6-4-16/h1-2,7-8H,3-6,9H2. The third-order valence-electron chi connectivity index (χ3n) is 3.17. The summed E-state index contributed by atoms with van der Waals surface area (Å²) in [6.45, 7) is 3.53. The molecule has 2 aromatic heterocycles. The number of anilines is 1. The van der Waals surface area contributed by atoms with Gasteiger partial charge in [0.1, 0.15) is 0 Å². The molecule has 2 aromatic rings. The van der Waals surface area contributed by atoms with Gasteiger partial charge < -0.3 is 9.64 Å². The number of thiophene rings is 1. The Morgan fingerprint density at radius 3 is 2.80 bits per heavy atom. The van der Waals surface area contributed by atoms with E-state index >= 15 is 0 Å². The normalized spacial score (nSPS) is 15.6. The Morgan fingerprint density at radius 2 is 2.15 bits per heavy atom. The van der Waals surface area contributed by atoms with Crippen LogP contribution in [-0.2, 0) is 11.3 Å². The maximum absolute atomic E-state index is 12.1. The smallest absolute Gasteiger partial charge is 0.269 e. The number of nitrogens with zero attached hydrogens (tertiary/aromatic N) is 3. The van der Waals surface area contributed by atoms with Crippen LogP contribution in [0.5, 0.6) is 0 Å². The molecule has 5 nitrogen and oxygen atoms in total. The number of morpholine rings is 1. The molecule has 0 unspecified atom stereocenters. The lowest BCUT2D eigenvalue weighted by Gasteiger charge is -2.28. The highest BCUT2D eigenvalue weighted by Crippen LogP contribution is 2.22. The van der Waals surface area contributed by atoms with Crippen LogP contribution in [0.2, 0.25) is 0 Å². The Kier molecular flexibility index (Phi) is 4.18. The lowest BCUT2D eigenvalue weighted by atomic mass is 10.3. The first-order chi connectivity index (χ1) is 9.72. The number of ether oxygens (including phenoxy) is 1. The largest absolute Gasteiger partial charge is 0.378 e. The summed E-state index contributed by atoms with van der Waals surface area (Å²) in [4.78, 5) is 15.4. The number of rotatable bonds is 3. The van der Waals surface area contributed by atoms with Crippen molar-refractivity contribution in [1.29, 1.82) is 0 Å². The van der Waals surface area contributed by atoms with E-state index in [1.54, 1.807) is 23.6 Å². The molecule has 0 radical (unpaired) electrons. The van der Waals surface area contributed by atoms with Crippen molar-refractivity contribution >= 4 is 33.0 Å². The molecule has 7 heteroatoms. The van der Waals surface area contributed by atoms with Crippen molar-refractivity contribution in [3.05, 3.63) is 43.4 Å². The van der Waals surface area contributed by atoms with Crippen LogP contribution in [0.25, 0.3) is 0 Å². The first kappa shape index (κ1) is 13.8. The molecule has 0 aromatic carbocycles. The third kappa shape index (κ3) is 3.11. The van der Waals surface area contributed by atoms with Gasteiger partial charge in [-0.25, -0.2) is 4.68 Å². The average Bonchev–Trinajstić information content (AvgIpc) is 2.87. The lowest BCUT2D eigenvalue weighted by Crippen LogP contribution is -2.37. The van der Waals surface area contributed by atoms with E-state index in [0.717, 1.165) is 27.4 Å². The zero-order valence-corrected chi connectivity index (χ0v) is 13.2. The van der Waals surface area contributed by atoms with Gasteiger partial charge in [-0.05, 0) is 28.1 Å². The molecule has 3 rings (SSSR count). The zero-order chi connectivity index (χ0) is 13.9. The van der Waals surface area contributed by atoms with Gasteiger partial charge in [-0.3, -0.25) is 4.79 Å². The second-order valence-corrected chi connectivity index (χ2v) is 7.06. The fraction of sp³-hybridized carbons (Fsp3) is 0.385. The maximum Gasteiger partial charge on any atom is 0.269 e. The monoisotopic (exact) mass is 355 g/mol. The van der Waals surface area contributed by atoms with E-state index in [0.29, 0.717) is 19.8 Å². The van der Waals surface area contributed by atoms with Gasteiger partial charge in [-0.2, -0.15) is 5.10 Å². The lowest BCUT2D eigenvalue weighted by molar-refractivity contribution is 0.122. The minimum absolute atomic E-state index is 0.0708. The van der Waals surface area contributed by atoms with Crippen LogP contribution < -0.4 is 10.5 Å². The summed E-state index contributed by atoms with van der Waals surface area (Å²) < 4.78 is 7.86. The van der Waals surface area contributed by atoms with Crippen LogP contribution in [0, 0.1) is 0 Å². The molecule has 1 aliphatic heterocycles. The quantitative estimate of drug-likeness (QED) is 0.844. The highest BCUT2D eigenvalue weighted by molar-refractivity contribution is 9.11. The van der Waals surface area contributed by atoms with Crippen LogP contribution in [-0.4, -0.2) is 36.1 Å². The summed E-state index contributed by atoms with van der Waals surface area (Å²) in [6.07, 6.45) is 1.76. The van der Waals surface area contributed by atoms with E-state index in [1.807, 2.05) is 12.1 Å². The number of aromatic nitrogens is 2. The summed E-state index contributed by atoms with van der Waals surface area (Å²) in [6, 6.07) is 5.63. The van der Waals surface area contributed by atoms with Crippen molar-refractivity contribution in [3.63, 3.8) is 0 Å². The molecule has 0 bridgehead atoms. The van der Waals surface area contributed by atoms with Gasteiger partial charge in [0.2, 0.25) is 0 Å². The second kappa shape index (κ2) is 6.07. The molecule has 106 valence electrons. The third-order valence-corrected chi connectivity index (χ3v) is 4.77. The maximum atomic E-state index is 12.1. The molecule has 0 spiro atoms. The molecule has 0 amide bonds. The van der Waals surface area contributed by atoms with Crippen molar-refractivity contribution in [2.24, 2.45) is 0 Å². The van der Waals surface area contributed by atoms with Crippen LogP contribution >= 0.6 is 27.3 Å². The molecule has 0 saturated carbocycles. The summed E-state index contributed by atoms with van der Waals surface area (Å²) in [5.41, 5.74) is 0.806. The molecule has 3 heterocycles. The second-order valence-electron chi connectivity index (χ2n) is 4.51. The molecule has 1 saturated heterocycles. The summed E-state index contributed by atoms with van der Waals surface area (Å²) in [5.74, 6) is 0. The first-order valence-electron chi connectivity index (χ1n) is 6.36. The van der Waals surface area contributed by atoms with Crippen molar-refractivity contribution < 1.29 is 4.74 Å². The van der Waals surface area contributed by atoms with Crippen molar-refractivity contribution in [2.45, 2.75) is 6.54 Å². The van der Waals surface area contributed by atoms with E-state index in [2.05, 4.69) is 25.9 Å². The Labute approximate surface area is 128 Å². The predicted molar refractivity (Wildman–Crippen MR) is 82.7 cm³/mol. The topological polar surface area (TPSA) is 47.4 Å². The summed E-state index contributed by atoms with van der Waals surface area (Å²) in [7, 11) is 0. The molecular formula is C13H14BrN3O2S. The number of hydrogen-bond donors (Lipinski definition) is 0. The Bertz CT molecular complexity index is 649. The SMILES string of the molecule is O=c1cc(N2CCOCC2)cnn1Cc1ccc(Br)s1. The van der Waals surface area contributed by atoms with Gasteiger partial charge >= 0.3 is 0 Å². The summed E-state index contributed by atoms with van der Waals surface area (Å²) >= 11 is 5.03. The van der Waals surface area contributed by atoms with Gasteiger partial charge in [0.05, 0.1) is 35.4 Å². The molecular weight excluding hydrogens is 342 g/mol. The van der Waals surface area contributed by atoms with Gasteiger partial charge in [0.25, 0.3) is 5.56 Å². The van der Waals surface area contributed by atoms with E-state index in [4.69, 9.17) is 4.74 Å². The van der Waals surface area contributed by atoms with Crippen molar-refractivity contribution in [1.82, 2.24) is 9.78 Å². The predicted octanol–water partition coefficient (Wildman–Crippen LogP) is 1.95. The summed E-state index contributed by atoms with van der Waals surface area (Å²) in [5, 5.41) is 4.27. The Morgan fingerprint density at radius 1 is 1.35 bits per heavy atom. The minimum Gasteiger partial charge on any atom is -0.378 e. The van der Waals surface area contributed by atoms with E-state index in [-0.39, 0.29) is 5.56 Å². The average molecular weight is 356 g/mol. The van der Waals surface area contributed by atoms with Crippen molar-refractivity contribution in [2.75, 3.05) is 31.2 Å². The molecule has 0 aliphatic carbocycles. The molecule has 1 aliphatic rings. The first-order valence-corrected chi connectivity index (χ1v) is 7.97. The van der Waals surface area contributed by atoms with E-state index < -0.39 is 0 Å². The van der Waals surface area contributed by atoms with Crippen LogP contribution in [0.1, 0.15) is 4.88 Å². The number of hydrogen-bond acceptors (Lipinski definition) is 5. The van der Waals surface area contributed by atoms with Gasteiger partial charge in [-0.15, -0.1) is 11.3 Å². The number of halogens is 1. The van der Waals surface area contributed by atoms with Crippen LogP contribution in [0.3, 0.4) is 0 Å². The highest BCUT2D eigenvalue weighted by Gasteiger charge is 2.13. The van der Waals surface area contributed by atoms with Crippen molar-refractivity contribution in [3.8, 4) is 0 Å². The molecule has 1 fully saturated rings. The fourth-order valence-electron chi connectivity index (χ4n) is 2.12. The Hall–Kier alpha value is -1.18. The molecule has 0 atom stereocenters. The fourth-order valence-corrected chi connectivity index (χ4v) is 3.59. The van der Waals surface area contributed by atoms with E-state index in [9.17, 15) is 4.79 Å². The van der Waals surface area contributed by atoms with Gasteiger partial charge in [0.15, 0.2) is 0 Å². The highest BCUT2D eigenvalue weighted by atomic mass is 79.9. The van der Waals surface area contributed by atoms with Gasteiger partial charge in [0, 0.05) is 24.0 Å². The van der Waals surface area contributed by atoms with Crippen LogP contribution in [0.15, 0.2) is 33.0 Å². The van der Waals surface area contributed by atoms with Crippen LogP contribution in [0.4, 0.5) is 5.69 Å².